The number of aromatic nitrogens is 1. The van der Waals surface area contributed by atoms with Crippen molar-refractivity contribution in [3.63, 3.8) is 0 Å². The first-order valence-corrected chi connectivity index (χ1v) is 11.3. The quantitative estimate of drug-likeness (QED) is 0.284. The van der Waals surface area contributed by atoms with Gasteiger partial charge in [0.2, 0.25) is 5.52 Å². The number of aryl methyl sites for hydroxylation is 2. The molecular formula is C28H30NO3+. The van der Waals surface area contributed by atoms with E-state index in [1.807, 2.05) is 0 Å². The monoisotopic (exact) mass is 428 g/mol. The van der Waals surface area contributed by atoms with Gasteiger partial charge in [0.15, 0.2) is 17.7 Å². The first-order valence-electron chi connectivity index (χ1n) is 11.3. The Morgan fingerprint density at radius 3 is 2.22 bits per heavy atom. The summed E-state index contributed by atoms with van der Waals surface area (Å²) in [5.41, 5.74) is 4.85. The summed E-state index contributed by atoms with van der Waals surface area (Å²) >= 11 is 0. The van der Waals surface area contributed by atoms with Crippen LogP contribution in [0.15, 0.2) is 42.6 Å². The lowest BCUT2D eigenvalue weighted by atomic mass is 9.88. The molecule has 0 radical (unpaired) electrons. The van der Waals surface area contributed by atoms with E-state index >= 15 is 0 Å². The van der Waals surface area contributed by atoms with Crippen LogP contribution in [0.3, 0.4) is 0 Å². The number of pyridine rings is 1. The molecule has 0 N–H and O–H groups in total. The van der Waals surface area contributed by atoms with Crippen LogP contribution in [0, 0.1) is 6.92 Å². The molecule has 1 aliphatic rings. The summed E-state index contributed by atoms with van der Waals surface area (Å²) in [4.78, 5) is 0. The van der Waals surface area contributed by atoms with E-state index in [0.29, 0.717) is 0 Å². The molecule has 0 aliphatic heterocycles. The minimum Gasteiger partial charge on any atom is -0.496 e. The van der Waals surface area contributed by atoms with E-state index in [-0.39, 0.29) is 0 Å². The number of allylic oxidation sites excluding steroid dienone is 2. The van der Waals surface area contributed by atoms with Crippen molar-refractivity contribution in [2.24, 2.45) is 7.05 Å². The summed E-state index contributed by atoms with van der Waals surface area (Å²) in [6, 6.07) is 11.0. The van der Waals surface area contributed by atoms with Gasteiger partial charge in [0.25, 0.3) is 0 Å². The van der Waals surface area contributed by atoms with E-state index in [9.17, 15) is 0 Å². The van der Waals surface area contributed by atoms with E-state index in [0.717, 1.165) is 41.0 Å². The largest absolute Gasteiger partial charge is 0.496 e. The highest BCUT2D eigenvalue weighted by atomic mass is 16.5. The normalized spacial score (nSPS) is 14.1. The van der Waals surface area contributed by atoms with Crippen molar-refractivity contribution in [1.29, 1.82) is 0 Å². The molecule has 0 saturated heterocycles. The zero-order chi connectivity index (χ0) is 22.4. The van der Waals surface area contributed by atoms with Crippen LogP contribution in [0.5, 0.6) is 17.2 Å². The lowest BCUT2D eigenvalue weighted by molar-refractivity contribution is -0.642. The molecular weight excluding hydrogens is 398 g/mol. The SMILES string of the molecule is COc1cc2c(ccc3c4ccc(C)c(OC)c4c[n+](C)c23)c(C2=CCCCC2)c1OC. The van der Waals surface area contributed by atoms with Gasteiger partial charge in [0.05, 0.1) is 37.5 Å². The molecule has 5 rings (SSSR count). The van der Waals surface area contributed by atoms with Gasteiger partial charge in [0, 0.05) is 10.9 Å². The van der Waals surface area contributed by atoms with Crippen molar-refractivity contribution < 1.29 is 18.8 Å². The second-order valence-corrected chi connectivity index (χ2v) is 8.64. The number of ether oxygens (including phenoxy) is 3. The average Bonchev–Trinajstić information content (AvgIpc) is 2.82. The Bertz CT molecular complexity index is 1400. The predicted octanol–water partition coefficient (Wildman–Crippen LogP) is 6.26. The van der Waals surface area contributed by atoms with E-state index in [1.54, 1.807) is 21.3 Å². The van der Waals surface area contributed by atoms with Crippen molar-refractivity contribution in [1.82, 2.24) is 0 Å². The lowest BCUT2D eigenvalue weighted by Crippen LogP contribution is -2.28. The smallest absolute Gasteiger partial charge is 0.220 e. The number of hydrogen-bond acceptors (Lipinski definition) is 3. The van der Waals surface area contributed by atoms with Gasteiger partial charge in [-0.15, -0.1) is 0 Å². The highest BCUT2D eigenvalue weighted by Gasteiger charge is 2.24. The summed E-state index contributed by atoms with van der Waals surface area (Å²) in [5.74, 6) is 2.53. The molecule has 0 unspecified atom stereocenters. The van der Waals surface area contributed by atoms with Gasteiger partial charge in [-0.1, -0.05) is 24.3 Å². The molecule has 0 amide bonds. The second-order valence-electron chi connectivity index (χ2n) is 8.64. The molecule has 1 heterocycles. The molecule has 4 heteroatoms. The van der Waals surface area contributed by atoms with Gasteiger partial charge >= 0.3 is 0 Å². The third-order valence-corrected chi connectivity index (χ3v) is 6.81. The van der Waals surface area contributed by atoms with Gasteiger partial charge in [-0.2, -0.15) is 4.57 Å². The fourth-order valence-corrected chi connectivity index (χ4v) is 5.35. The first kappa shape index (κ1) is 20.6. The Morgan fingerprint density at radius 1 is 0.781 bits per heavy atom. The highest BCUT2D eigenvalue weighted by Crippen LogP contribution is 2.46. The molecule has 0 atom stereocenters. The zero-order valence-electron chi connectivity index (χ0n) is 19.5. The van der Waals surface area contributed by atoms with Gasteiger partial charge in [-0.25, -0.2) is 0 Å². The molecule has 0 spiro atoms. The summed E-state index contributed by atoms with van der Waals surface area (Å²) in [6.07, 6.45) is 9.19. The zero-order valence-corrected chi connectivity index (χ0v) is 19.5. The lowest BCUT2D eigenvalue weighted by Gasteiger charge is -2.21. The minimum absolute atomic E-state index is 0.774. The van der Waals surface area contributed by atoms with Crippen LogP contribution in [0.25, 0.3) is 38.0 Å². The van der Waals surface area contributed by atoms with Crippen molar-refractivity contribution >= 4 is 38.0 Å². The minimum atomic E-state index is 0.774. The Kier molecular flexibility index (Phi) is 5.16. The van der Waals surface area contributed by atoms with Crippen LogP contribution in [0.1, 0.15) is 36.8 Å². The third-order valence-electron chi connectivity index (χ3n) is 6.81. The Morgan fingerprint density at radius 2 is 1.53 bits per heavy atom. The Balaban J connectivity index is 1.95. The van der Waals surface area contributed by atoms with Crippen LogP contribution in [0.4, 0.5) is 0 Å². The molecule has 0 saturated carbocycles. The van der Waals surface area contributed by atoms with Gasteiger partial charge in [-0.05, 0) is 61.3 Å². The van der Waals surface area contributed by atoms with E-state index in [4.69, 9.17) is 14.2 Å². The van der Waals surface area contributed by atoms with Crippen LogP contribution in [0.2, 0.25) is 0 Å². The second kappa shape index (κ2) is 8.01. The molecule has 1 aromatic heterocycles. The Hall–Kier alpha value is -3.27. The van der Waals surface area contributed by atoms with Crippen LogP contribution in [-0.2, 0) is 7.05 Å². The van der Waals surface area contributed by atoms with Crippen LogP contribution in [-0.4, -0.2) is 21.3 Å². The maximum atomic E-state index is 5.90. The number of hydrogen-bond donors (Lipinski definition) is 0. The maximum Gasteiger partial charge on any atom is 0.220 e. The highest BCUT2D eigenvalue weighted by molar-refractivity contribution is 6.17. The molecule has 0 bridgehead atoms. The molecule has 3 aromatic carbocycles. The van der Waals surface area contributed by atoms with E-state index in [1.165, 1.54) is 51.0 Å². The van der Waals surface area contributed by atoms with Crippen molar-refractivity contribution in [2.45, 2.75) is 32.6 Å². The first-order chi connectivity index (χ1) is 15.6. The summed E-state index contributed by atoms with van der Waals surface area (Å²) in [5, 5.41) is 5.89. The fraction of sp³-hybridized carbons (Fsp3) is 0.321. The third kappa shape index (κ3) is 3.01. The average molecular weight is 429 g/mol. The summed E-state index contributed by atoms with van der Waals surface area (Å²) in [7, 11) is 7.31. The molecule has 164 valence electrons. The van der Waals surface area contributed by atoms with Crippen LogP contribution >= 0.6 is 0 Å². The molecule has 1 aliphatic carbocycles. The number of benzene rings is 3. The number of nitrogens with zero attached hydrogens (tertiary/aromatic N) is 1. The van der Waals surface area contributed by atoms with Crippen molar-refractivity contribution in [3.05, 3.63) is 53.7 Å². The van der Waals surface area contributed by atoms with Crippen LogP contribution < -0.4 is 18.8 Å². The van der Waals surface area contributed by atoms with E-state index < -0.39 is 0 Å². The van der Waals surface area contributed by atoms with Crippen molar-refractivity contribution in [2.75, 3.05) is 21.3 Å². The molecule has 32 heavy (non-hydrogen) atoms. The van der Waals surface area contributed by atoms with Crippen molar-refractivity contribution in [3.8, 4) is 17.2 Å². The van der Waals surface area contributed by atoms with E-state index in [2.05, 4.69) is 61.1 Å². The number of fused-ring (bicyclic) bond motifs is 5. The molecule has 0 fully saturated rings. The van der Waals surface area contributed by atoms with Gasteiger partial charge < -0.3 is 14.2 Å². The maximum absolute atomic E-state index is 5.90. The summed E-state index contributed by atoms with van der Waals surface area (Å²) < 4.78 is 19.7. The predicted molar refractivity (Wildman–Crippen MR) is 131 cm³/mol. The standard InChI is InChI=1S/C28H30NO3/c1-17-11-12-19-21-14-13-20-22(26(21)29(2)16-23(19)27(17)31-4)15-24(30-3)28(32-5)25(20)18-9-7-6-8-10-18/h9,11-16H,6-8,10H2,1-5H3/q+1. The number of methoxy groups -OCH3 is 3. The van der Waals surface area contributed by atoms with Gasteiger partial charge in [0.1, 0.15) is 12.8 Å². The molecule has 4 nitrogen and oxygen atoms in total. The summed E-state index contributed by atoms with van der Waals surface area (Å²) in [6.45, 7) is 2.09. The number of rotatable bonds is 4. The Labute approximate surface area is 189 Å². The topological polar surface area (TPSA) is 31.6 Å². The van der Waals surface area contributed by atoms with Gasteiger partial charge in [-0.3, -0.25) is 0 Å². The fourth-order valence-electron chi connectivity index (χ4n) is 5.35. The molecule has 4 aromatic rings.